The molecule has 2 aromatic carbocycles. The van der Waals surface area contributed by atoms with Crippen molar-refractivity contribution >= 4 is 16.9 Å². The number of aromatic nitrogens is 2. The maximum atomic E-state index is 13.2. The van der Waals surface area contributed by atoms with Gasteiger partial charge in [0.05, 0.1) is 24.6 Å². The minimum atomic E-state index is -0.00488. The molecule has 5 nitrogen and oxygen atoms in total. The highest BCUT2D eigenvalue weighted by Gasteiger charge is 2.17. The van der Waals surface area contributed by atoms with Crippen LogP contribution >= 0.6 is 0 Å². The van der Waals surface area contributed by atoms with Crippen LogP contribution in [-0.2, 0) is 6.54 Å². The normalized spacial score (nSPS) is 15.0. The van der Waals surface area contributed by atoms with E-state index in [0.717, 1.165) is 29.7 Å². The van der Waals surface area contributed by atoms with Gasteiger partial charge in [0.15, 0.2) is 0 Å². The van der Waals surface area contributed by atoms with E-state index in [4.69, 9.17) is 9.72 Å². The number of para-hydroxylation sites is 1. The van der Waals surface area contributed by atoms with Crippen LogP contribution < -0.4 is 15.6 Å². The number of hydrogen-bond acceptors (Lipinski definition) is 4. The van der Waals surface area contributed by atoms with Crippen LogP contribution in [0.1, 0.15) is 37.7 Å². The zero-order chi connectivity index (χ0) is 18.6. The molecule has 0 spiro atoms. The lowest BCUT2D eigenvalue weighted by atomic mass is 9.96. The summed E-state index contributed by atoms with van der Waals surface area (Å²) in [6.45, 7) is 0.482. The summed E-state index contributed by atoms with van der Waals surface area (Å²) in [7, 11) is 1.65. The van der Waals surface area contributed by atoms with Crippen molar-refractivity contribution in [2.24, 2.45) is 0 Å². The molecule has 1 fully saturated rings. The van der Waals surface area contributed by atoms with Gasteiger partial charge in [0.2, 0.25) is 5.95 Å². The molecule has 0 bridgehead atoms. The average Bonchev–Trinajstić information content (AvgIpc) is 2.72. The van der Waals surface area contributed by atoms with E-state index in [1.165, 1.54) is 19.3 Å². The molecule has 1 heterocycles. The molecule has 0 atom stereocenters. The maximum Gasteiger partial charge on any atom is 0.263 e. The minimum absolute atomic E-state index is 0.00488. The second kappa shape index (κ2) is 7.82. The lowest BCUT2D eigenvalue weighted by Gasteiger charge is -2.25. The third-order valence-corrected chi connectivity index (χ3v) is 5.30. The van der Waals surface area contributed by atoms with Crippen LogP contribution in [0.2, 0.25) is 0 Å². The molecule has 0 aliphatic heterocycles. The predicted molar refractivity (Wildman–Crippen MR) is 109 cm³/mol. The van der Waals surface area contributed by atoms with Gasteiger partial charge in [0.25, 0.3) is 5.56 Å². The molecule has 1 aliphatic carbocycles. The highest BCUT2D eigenvalue weighted by atomic mass is 16.5. The molecule has 0 amide bonds. The van der Waals surface area contributed by atoms with Crippen LogP contribution in [0.25, 0.3) is 10.9 Å². The van der Waals surface area contributed by atoms with E-state index < -0.39 is 0 Å². The minimum Gasteiger partial charge on any atom is -0.497 e. The van der Waals surface area contributed by atoms with Crippen LogP contribution in [0.5, 0.6) is 5.75 Å². The second-order valence-electron chi connectivity index (χ2n) is 7.17. The van der Waals surface area contributed by atoms with E-state index in [1.54, 1.807) is 11.7 Å². The molecule has 1 N–H and O–H groups in total. The zero-order valence-electron chi connectivity index (χ0n) is 15.6. The van der Waals surface area contributed by atoms with E-state index in [0.29, 0.717) is 23.9 Å². The van der Waals surface area contributed by atoms with Gasteiger partial charge >= 0.3 is 0 Å². The van der Waals surface area contributed by atoms with Gasteiger partial charge in [0, 0.05) is 6.04 Å². The van der Waals surface area contributed by atoms with Crippen molar-refractivity contribution in [1.29, 1.82) is 0 Å². The van der Waals surface area contributed by atoms with Crippen molar-refractivity contribution in [2.75, 3.05) is 12.4 Å². The molecule has 140 valence electrons. The number of nitrogens with one attached hydrogen (secondary N) is 1. The molecule has 4 rings (SSSR count). The Bertz CT molecular complexity index is 973. The number of fused-ring (bicyclic) bond motifs is 1. The Morgan fingerprint density at radius 3 is 2.56 bits per heavy atom. The Kier molecular flexibility index (Phi) is 5.10. The first-order chi connectivity index (χ1) is 13.2. The van der Waals surface area contributed by atoms with Gasteiger partial charge in [-0.1, -0.05) is 43.5 Å². The standard InChI is InChI=1S/C22H25N3O2/c1-27-18-13-11-16(12-14-18)15-25-21(26)19-9-5-6-10-20(19)24-22(25)23-17-7-3-2-4-8-17/h5-6,9-14,17H,2-4,7-8,15H2,1H3,(H,23,24). The van der Waals surface area contributed by atoms with E-state index in [-0.39, 0.29) is 5.56 Å². The monoisotopic (exact) mass is 363 g/mol. The van der Waals surface area contributed by atoms with E-state index in [9.17, 15) is 4.79 Å². The lowest BCUT2D eigenvalue weighted by Crippen LogP contribution is -2.30. The fourth-order valence-corrected chi connectivity index (χ4v) is 3.77. The summed E-state index contributed by atoms with van der Waals surface area (Å²) in [6, 6.07) is 15.8. The SMILES string of the molecule is COc1ccc(Cn2c(NC3CCCCC3)nc3ccccc3c2=O)cc1. The number of methoxy groups -OCH3 is 1. The molecular formula is C22H25N3O2. The number of rotatable bonds is 5. The quantitative estimate of drug-likeness (QED) is 0.738. The number of benzene rings is 2. The topological polar surface area (TPSA) is 56.1 Å². The summed E-state index contributed by atoms with van der Waals surface area (Å²) in [6.07, 6.45) is 6.01. The van der Waals surface area contributed by atoms with Gasteiger partial charge in [0.1, 0.15) is 5.75 Å². The molecule has 0 saturated heterocycles. The summed E-state index contributed by atoms with van der Waals surface area (Å²) < 4.78 is 6.99. The van der Waals surface area contributed by atoms with Crippen molar-refractivity contribution in [3.8, 4) is 5.75 Å². The fourth-order valence-electron chi connectivity index (χ4n) is 3.77. The number of hydrogen-bond donors (Lipinski definition) is 1. The molecule has 0 radical (unpaired) electrons. The average molecular weight is 363 g/mol. The third kappa shape index (κ3) is 3.82. The Morgan fingerprint density at radius 2 is 1.81 bits per heavy atom. The number of ether oxygens (including phenoxy) is 1. The number of nitrogens with zero attached hydrogens (tertiary/aromatic N) is 2. The zero-order valence-corrected chi connectivity index (χ0v) is 15.6. The maximum absolute atomic E-state index is 13.2. The summed E-state index contributed by atoms with van der Waals surface area (Å²) in [4.78, 5) is 18.0. The van der Waals surface area contributed by atoms with Gasteiger partial charge in [-0.15, -0.1) is 0 Å². The van der Waals surface area contributed by atoms with Gasteiger partial charge in [-0.05, 0) is 42.7 Å². The Balaban J connectivity index is 1.73. The molecule has 0 unspecified atom stereocenters. The molecular weight excluding hydrogens is 338 g/mol. The van der Waals surface area contributed by atoms with Crippen molar-refractivity contribution in [3.05, 3.63) is 64.4 Å². The molecule has 1 saturated carbocycles. The predicted octanol–water partition coefficient (Wildman–Crippen LogP) is 4.20. The molecule has 5 heteroatoms. The number of anilines is 1. The molecule has 3 aromatic rings. The molecule has 1 aliphatic rings. The summed E-state index contributed by atoms with van der Waals surface area (Å²) in [5.41, 5.74) is 1.78. The third-order valence-electron chi connectivity index (χ3n) is 5.30. The molecule has 27 heavy (non-hydrogen) atoms. The Morgan fingerprint density at radius 1 is 1.07 bits per heavy atom. The van der Waals surface area contributed by atoms with E-state index >= 15 is 0 Å². The van der Waals surface area contributed by atoms with E-state index in [2.05, 4.69) is 5.32 Å². The summed E-state index contributed by atoms with van der Waals surface area (Å²) >= 11 is 0. The van der Waals surface area contributed by atoms with Crippen molar-refractivity contribution < 1.29 is 4.74 Å². The summed E-state index contributed by atoms with van der Waals surface area (Å²) in [5, 5.41) is 4.21. The van der Waals surface area contributed by atoms with Crippen LogP contribution in [0.15, 0.2) is 53.3 Å². The van der Waals surface area contributed by atoms with Crippen LogP contribution in [-0.4, -0.2) is 22.7 Å². The van der Waals surface area contributed by atoms with Crippen molar-refractivity contribution in [2.45, 2.75) is 44.7 Å². The fraction of sp³-hybridized carbons (Fsp3) is 0.364. The van der Waals surface area contributed by atoms with Crippen LogP contribution in [0, 0.1) is 0 Å². The van der Waals surface area contributed by atoms with Gasteiger partial charge in [-0.25, -0.2) is 4.98 Å². The highest BCUT2D eigenvalue weighted by Crippen LogP contribution is 2.22. The lowest BCUT2D eigenvalue weighted by molar-refractivity contribution is 0.414. The van der Waals surface area contributed by atoms with Crippen molar-refractivity contribution in [3.63, 3.8) is 0 Å². The first kappa shape index (κ1) is 17.6. The van der Waals surface area contributed by atoms with E-state index in [1.807, 2.05) is 48.5 Å². The first-order valence-electron chi connectivity index (χ1n) is 9.63. The van der Waals surface area contributed by atoms with Crippen LogP contribution in [0.3, 0.4) is 0 Å². The first-order valence-corrected chi connectivity index (χ1v) is 9.63. The van der Waals surface area contributed by atoms with Crippen molar-refractivity contribution in [1.82, 2.24) is 9.55 Å². The van der Waals surface area contributed by atoms with Gasteiger partial charge < -0.3 is 10.1 Å². The van der Waals surface area contributed by atoms with Gasteiger partial charge in [-0.2, -0.15) is 0 Å². The summed E-state index contributed by atoms with van der Waals surface area (Å²) in [5.74, 6) is 1.48. The smallest absolute Gasteiger partial charge is 0.263 e. The Hall–Kier alpha value is -2.82. The van der Waals surface area contributed by atoms with Crippen LogP contribution in [0.4, 0.5) is 5.95 Å². The largest absolute Gasteiger partial charge is 0.497 e. The molecule has 1 aromatic heterocycles. The Labute approximate surface area is 159 Å². The highest BCUT2D eigenvalue weighted by molar-refractivity contribution is 5.78. The second-order valence-corrected chi connectivity index (χ2v) is 7.17. The van der Waals surface area contributed by atoms with Gasteiger partial charge in [-0.3, -0.25) is 9.36 Å².